The lowest BCUT2D eigenvalue weighted by Gasteiger charge is -2.43. The zero-order valence-electron chi connectivity index (χ0n) is 11.5. The van der Waals surface area contributed by atoms with Gasteiger partial charge < -0.3 is 10.1 Å². The van der Waals surface area contributed by atoms with Crippen LogP contribution in [0.25, 0.3) is 0 Å². The van der Waals surface area contributed by atoms with Gasteiger partial charge in [0.2, 0.25) is 5.91 Å². The lowest BCUT2D eigenvalue weighted by molar-refractivity contribution is -0.153. The minimum Gasteiger partial charge on any atom is -0.466 e. The van der Waals surface area contributed by atoms with Crippen molar-refractivity contribution in [3.05, 3.63) is 12.7 Å². The summed E-state index contributed by atoms with van der Waals surface area (Å²) in [7, 11) is 0. The standard InChI is InChI=1S/C14H23NO3/c1-5-11-7-8-12(13(17)18-6-2)14(4,9-11)15-10(3)16/h5,11-12H,1,6-9H2,2-4H3,(H,15,16)/t11-,12+,14-/m1/s1. The van der Waals surface area contributed by atoms with Crippen molar-refractivity contribution >= 4 is 11.9 Å². The molecule has 0 radical (unpaired) electrons. The highest BCUT2D eigenvalue weighted by Crippen LogP contribution is 2.38. The van der Waals surface area contributed by atoms with Gasteiger partial charge in [0.25, 0.3) is 0 Å². The molecule has 0 bridgehead atoms. The van der Waals surface area contributed by atoms with Gasteiger partial charge in [-0.1, -0.05) is 6.08 Å². The third-order valence-electron chi connectivity index (χ3n) is 3.65. The van der Waals surface area contributed by atoms with Crippen LogP contribution in [-0.2, 0) is 14.3 Å². The van der Waals surface area contributed by atoms with Crippen LogP contribution >= 0.6 is 0 Å². The lowest BCUT2D eigenvalue weighted by Crippen LogP contribution is -2.56. The van der Waals surface area contributed by atoms with E-state index < -0.39 is 5.54 Å². The maximum Gasteiger partial charge on any atom is 0.311 e. The summed E-state index contributed by atoms with van der Waals surface area (Å²) in [5.41, 5.74) is -0.533. The summed E-state index contributed by atoms with van der Waals surface area (Å²) in [5, 5.41) is 2.92. The van der Waals surface area contributed by atoms with E-state index in [1.165, 1.54) is 6.92 Å². The molecule has 3 atom stereocenters. The molecule has 1 aliphatic rings. The molecule has 1 rings (SSSR count). The normalized spacial score (nSPS) is 31.5. The quantitative estimate of drug-likeness (QED) is 0.616. The fourth-order valence-corrected chi connectivity index (χ4v) is 2.85. The van der Waals surface area contributed by atoms with E-state index in [-0.39, 0.29) is 17.8 Å². The van der Waals surface area contributed by atoms with Crippen molar-refractivity contribution in [2.45, 2.75) is 45.6 Å². The van der Waals surface area contributed by atoms with Crippen LogP contribution in [-0.4, -0.2) is 24.0 Å². The predicted molar refractivity (Wildman–Crippen MR) is 69.9 cm³/mol. The summed E-state index contributed by atoms with van der Waals surface area (Å²) in [4.78, 5) is 23.3. The molecule has 102 valence electrons. The molecule has 0 heterocycles. The van der Waals surface area contributed by atoms with Gasteiger partial charge in [-0.2, -0.15) is 0 Å². The number of ether oxygens (including phenoxy) is 1. The molecule has 1 amide bonds. The molecule has 0 unspecified atom stereocenters. The minimum absolute atomic E-state index is 0.114. The highest BCUT2D eigenvalue weighted by Gasteiger charge is 2.44. The molecule has 1 aliphatic carbocycles. The van der Waals surface area contributed by atoms with Crippen molar-refractivity contribution < 1.29 is 14.3 Å². The number of rotatable bonds is 4. The molecule has 0 spiro atoms. The zero-order valence-corrected chi connectivity index (χ0v) is 11.5. The highest BCUT2D eigenvalue weighted by atomic mass is 16.5. The van der Waals surface area contributed by atoms with Gasteiger partial charge in [0.05, 0.1) is 18.1 Å². The van der Waals surface area contributed by atoms with Crippen LogP contribution in [0.1, 0.15) is 40.0 Å². The molecule has 1 saturated carbocycles. The first-order valence-electron chi connectivity index (χ1n) is 6.51. The molecule has 0 saturated heterocycles. The fourth-order valence-electron chi connectivity index (χ4n) is 2.85. The van der Waals surface area contributed by atoms with Gasteiger partial charge in [-0.05, 0) is 39.0 Å². The van der Waals surface area contributed by atoms with E-state index >= 15 is 0 Å². The Morgan fingerprint density at radius 1 is 1.50 bits per heavy atom. The molecule has 18 heavy (non-hydrogen) atoms. The first-order valence-corrected chi connectivity index (χ1v) is 6.51. The van der Waals surface area contributed by atoms with Gasteiger partial charge in [0.15, 0.2) is 0 Å². The van der Waals surface area contributed by atoms with Crippen LogP contribution in [0.4, 0.5) is 0 Å². The van der Waals surface area contributed by atoms with Crippen molar-refractivity contribution in [2.75, 3.05) is 6.61 Å². The Morgan fingerprint density at radius 3 is 2.67 bits per heavy atom. The van der Waals surface area contributed by atoms with E-state index in [1.54, 1.807) is 6.92 Å². The fraction of sp³-hybridized carbons (Fsp3) is 0.714. The lowest BCUT2D eigenvalue weighted by atomic mass is 9.69. The Balaban J connectivity index is 2.89. The van der Waals surface area contributed by atoms with Crippen molar-refractivity contribution in [3.8, 4) is 0 Å². The maximum absolute atomic E-state index is 12.0. The molecular weight excluding hydrogens is 230 g/mol. The van der Waals surface area contributed by atoms with E-state index in [9.17, 15) is 9.59 Å². The smallest absolute Gasteiger partial charge is 0.311 e. The number of amides is 1. The Kier molecular flexibility index (Phi) is 4.93. The van der Waals surface area contributed by atoms with Crippen LogP contribution in [0.5, 0.6) is 0 Å². The highest BCUT2D eigenvalue weighted by molar-refractivity contribution is 5.78. The third kappa shape index (κ3) is 3.34. The summed E-state index contributed by atoms with van der Waals surface area (Å²) in [6.45, 7) is 9.37. The van der Waals surface area contributed by atoms with Crippen LogP contribution in [0.15, 0.2) is 12.7 Å². The average Bonchev–Trinajstić information content (AvgIpc) is 2.27. The van der Waals surface area contributed by atoms with Gasteiger partial charge in [-0.25, -0.2) is 0 Å². The predicted octanol–water partition coefficient (Wildman–Crippen LogP) is 2.05. The maximum atomic E-state index is 12.0. The van der Waals surface area contributed by atoms with Gasteiger partial charge in [0, 0.05) is 6.92 Å². The summed E-state index contributed by atoms with van der Waals surface area (Å²) in [6, 6.07) is 0. The largest absolute Gasteiger partial charge is 0.466 e. The van der Waals surface area contributed by atoms with Gasteiger partial charge >= 0.3 is 5.97 Å². The second-order valence-corrected chi connectivity index (χ2v) is 5.18. The Hall–Kier alpha value is -1.32. The first-order chi connectivity index (χ1) is 8.42. The number of allylic oxidation sites excluding steroid dienone is 1. The zero-order chi connectivity index (χ0) is 13.8. The molecule has 4 heteroatoms. The van der Waals surface area contributed by atoms with Crippen molar-refractivity contribution in [1.82, 2.24) is 5.32 Å². The monoisotopic (exact) mass is 253 g/mol. The molecular formula is C14H23NO3. The molecule has 1 fully saturated rings. The van der Waals surface area contributed by atoms with Crippen molar-refractivity contribution in [3.63, 3.8) is 0 Å². The Bertz CT molecular complexity index is 340. The van der Waals surface area contributed by atoms with Crippen molar-refractivity contribution in [1.29, 1.82) is 0 Å². The number of hydrogen-bond donors (Lipinski definition) is 1. The molecule has 4 nitrogen and oxygen atoms in total. The number of hydrogen-bond acceptors (Lipinski definition) is 3. The van der Waals surface area contributed by atoms with Crippen LogP contribution in [0, 0.1) is 11.8 Å². The SMILES string of the molecule is C=C[C@@H]1CC[C@@H](C(=O)OCC)[C@](C)(NC(C)=O)C1. The number of carbonyl (C=O) groups excluding carboxylic acids is 2. The molecule has 0 aliphatic heterocycles. The summed E-state index contributed by atoms with van der Waals surface area (Å²) < 4.78 is 5.11. The number of nitrogens with one attached hydrogen (secondary N) is 1. The van der Waals surface area contributed by atoms with Gasteiger partial charge in [-0.3, -0.25) is 9.59 Å². The van der Waals surface area contributed by atoms with Crippen LogP contribution in [0.2, 0.25) is 0 Å². The summed E-state index contributed by atoms with van der Waals surface area (Å²) >= 11 is 0. The number of esters is 1. The average molecular weight is 253 g/mol. The van der Waals surface area contributed by atoms with Crippen molar-refractivity contribution in [2.24, 2.45) is 11.8 Å². The van der Waals surface area contributed by atoms with E-state index in [0.717, 1.165) is 19.3 Å². The number of carbonyl (C=O) groups is 2. The molecule has 1 N–H and O–H groups in total. The molecule has 0 aromatic heterocycles. The van der Waals surface area contributed by atoms with E-state index in [4.69, 9.17) is 4.74 Å². The topological polar surface area (TPSA) is 55.4 Å². The van der Waals surface area contributed by atoms with Gasteiger partial charge in [-0.15, -0.1) is 6.58 Å². The van der Waals surface area contributed by atoms with Crippen LogP contribution in [0.3, 0.4) is 0 Å². The van der Waals surface area contributed by atoms with Crippen LogP contribution < -0.4 is 5.32 Å². The Morgan fingerprint density at radius 2 is 2.17 bits per heavy atom. The van der Waals surface area contributed by atoms with E-state index in [2.05, 4.69) is 11.9 Å². The second kappa shape index (κ2) is 6.03. The van der Waals surface area contributed by atoms with Gasteiger partial charge in [0.1, 0.15) is 0 Å². The molecule has 0 aromatic rings. The Labute approximate surface area is 109 Å². The summed E-state index contributed by atoms with van der Waals surface area (Å²) in [6.07, 6.45) is 4.29. The van der Waals surface area contributed by atoms with E-state index in [0.29, 0.717) is 12.5 Å². The summed E-state index contributed by atoms with van der Waals surface area (Å²) in [5.74, 6) is -0.252. The third-order valence-corrected chi connectivity index (χ3v) is 3.65. The van der Waals surface area contributed by atoms with E-state index in [1.807, 2.05) is 13.0 Å². The second-order valence-electron chi connectivity index (χ2n) is 5.18. The first kappa shape index (κ1) is 14.7. The molecule has 0 aromatic carbocycles. The minimum atomic E-state index is -0.533.